The van der Waals surface area contributed by atoms with Gasteiger partial charge < -0.3 is 14.8 Å². The number of aryl methyl sites for hydroxylation is 1. The van der Waals surface area contributed by atoms with Gasteiger partial charge in [-0.1, -0.05) is 20.8 Å². The maximum atomic E-state index is 5.56. The minimum atomic E-state index is 0.503. The topological polar surface area (TPSA) is 56.3 Å². The van der Waals surface area contributed by atoms with Gasteiger partial charge in [-0.3, -0.25) is 0 Å². The fourth-order valence-electron chi connectivity index (χ4n) is 1.51. The van der Waals surface area contributed by atoms with Crippen LogP contribution in [-0.2, 0) is 11.2 Å². The molecule has 108 valence electrons. The summed E-state index contributed by atoms with van der Waals surface area (Å²) in [7, 11) is 1.65. The summed E-state index contributed by atoms with van der Waals surface area (Å²) in [6.07, 6.45) is 1.88. The van der Waals surface area contributed by atoms with Crippen LogP contribution in [0.2, 0.25) is 0 Å². The highest BCUT2D eigenvalue weighted by atomic mass is 16.5. The summed E-state index contributed by atoms with van der Waals surface area (Å²) < 4.78 is 10.5. The SMILES string of the molecule is CCCc1nc(NCC(C)C)cc(OCCOC)n1. The van der Waals surface area contributed by atoms with E-state index in [1.54, 1.807) is 7.11 Å². The molecular weight excluding hydrogens is 242 g/mol. The van der Waals surface area contributed by atoms with Crippen LogP contribution in [0.1, 0.15) is 33.0 Å². The summed E-state index contributed by atoms with van der Waals surface area (Å²) in [5.74, 6) is 2.84. The number of nitrogens with one attached hydrogen (secondary N) is 1. The standard InChI is InChI=1S/C14H25N3O2/c1-5-6-12-16-13(15-10-11(2)3)9-14(17-12)19-8-7-18-4/h9,11H,5-8,10H2,1-4H3,(H,15,16,17). The van der Waals surface area contributed by atoms with Gasteiger partial charge in [-0.25, -0.2) is 4.98 Å². The van der Waals surface area contributed by atoms with Crippen molar-refractivity contribution < 1.29 is 9.47 Å². The van der Waals surface area contributed by atoms with Crippen molar-refractivity contribution in [2.75, 3.05) is 32.2 Å². The molecule has 0 saturated carbocycles. The lowest BCUT2D eigenvalue weighted by Gasteiger charge is -2.11. The number of hydrogen-bond acceptors (Lipinski definition) is 5. The first-order valence-electron chi connectivity index (χ1n) is 6.89. The highest BCUT2D eigenvalue weighted by Crippen LogP contribution is 2.15. The van der Waals surface area contributed by atoms with E-state index in [1.807, 2.05) is 6.07 Å². The zero-order chi connectivity index (χ0) is 14.1. The molecule has 5 heteroatoms. The van der Waals surface area contributed by atoms with E-state index < -0.39 is 0 Å². The van der Waals surface area contributed by atoms with Gasteiger partial charge in [-0.05, 0) is 12.3 Å². The Balaban J connectivity index is 2.71. The first-order chi connectivity index (χ1) is 9.15. The van der Waals surface area contributed by atoms with Gasteiger partial charge in [0.05, 0.1) is 6.61 Å². The molecule has 1 N–H and O–H groups in total. The van der Waals surface area contributed by atoms with Crippen LogP contribution in [0.15, 0.2) is 6.07 Å². The third kappa shape index (κ3) is 6.38. The Morgan fingerprint density at radius 3 is 2.68 bits per heavy atom. The van der Waals surface area contributed by atoms with Crippen LogP contribution in [0, 0.1) is 5.92 Å². The van der Waals surface area contributed by atoms with Gasteiger partial charge in [-0.15, -0.1) is 0 Å². The molecule has 0 aliphatic heterocycles. The molecule has 0 spiro atoms. The third-order valence-electron chi connectivity index (χ3n) is 2.45. The molecule has 0 radical (unpaired) electrons. The summed E-state index contributed by atoms with van der Waals surface area (Å²) >= 11 is 0. The first-order valence-corrected chi connectivity index (χ1v) is 6.89. The van der Waals surface area contributed by atoms with E-state index in [0.717, 1.165) is 31.0 Å². The van der Waals surface area contributed by atoms with Gasteiger partial charge in [-0.2, -0.15) is 4.98 Å². The van der Waals surface area contributed by atoms with Crippen molar-refractivity contribution in [3.05, 3.63) is 11.9 Å². The fraction of sp³-hybridized carbons (Fsp3) is 0.714. The highest BCUT2D eigenvalue weighted by Gasteiger charge is 2.06. The molecule has 0 bridgehead atoms. The monoisotopic (exact) mass is 267 g/mol. The van der Waals surface area contributed by atoms with E-state index in [4.69, 9.17) is 9.47 Å². The quantitative estimate of drug-likeness (QED) is 0.697. The van der Waals surface area contributed by atoms with Crippen LogP contribution in [0.5, 0.6) is 5.88 Å². The molecule has 0 fully saturated rings. The van der Waals surface area contributed by atoms with E-state index in [-0.39, 0.29) is 0 Å². The largest absolute Gasteiger partial charge is 0.475 e. The van der Waals surface area contributed by atoms with Crippen molar-refractivity contribution in [2.24, 2.45) is 5.92 Å². The number of aromatic nitrogens is 2. The number of nitrogens with zero attached hydrogens (tertiary/aromatic N) is 2. The summed E-state index contributed by atoms with van der Waals surface area (Å²) in [6.45, 7) is 8.39. The molecule has 1 aromatic heterocycles. The van der Waals surface area contributed by atoms with Crippen LogP contribution in [0.3, 0.4) is 0 Å². The molecule has 0 atom stereocenters. The van der Waals surface area contributed by atoms with Crippen LogP contribution < -0.4 is 10.1 Å². The van der Waals surface area contributed by atoms with Crippen molar-refractivity contribution in [3.63, 3.8) is 0 Å². The third-order valence-corrected chi connectivity index (χ3v) is 2.45. The lowest BCUT2D eigenvalue weighted by atomic mass is 10.2. The number of ether oxygens (including phenoxy) is 2. The predicted molar refractivity (Wildman–Crippen MR) is 76.7 cm³/mol. The molecule has 0 amide bonds. The summed E-state index contributed by atoms with van der Waals surface area (Å²) in [5, 5.41) is 3.31. The highest BCUT2D eigenvalue weighted by molar-refractivity contribution is 5.38. The molecule has 1 aromatic rings. The van der Waals surface area contributed by atoms with Crippen LogP contribution in [0.25, 0.3) is 0 Å². The Labute approximate surface area is 115 Å². The number of rotatable bonds is 9. The zero-order valence-electron chi connectivity index (χ0n) is 12.4. The molecular formula is C14H25N3O2. The first kappa shape index (κ1) is 15.7. The fourth-order valence-corrected chi connectivity index (χ4v) is 1.51. The van der Waals surface area contributed by atoms with Crippen LogP contribution in [0.4, 0.5) is 5.82 Å². The van der Waals surface area contributed by atoms with Crippen molar-refractivity contribution >= 4 is 5.82 Å². The molecule has 19 heavy (non-hydrogen) atoms. The summed E-state index contributed by atoms with van der Waals surface area (Å²) in [4.78, 5) is 8.88. The van der Waals surface area contributed by atoms with Gasteiger partial charge in [0, 0.05) is 26.1 Å². The number of methoxy groups -OCH3 is 1. The van der Waals surface area contributed by atoms with Crippen molar-refractivity contribution in [1.82, 2.24) is 9.97 Å². The Hall–Kier alpha value is -1.36. The van der Waals surface area contributed by atoms with Gasteiger partial charge in [0.25, 0.3) is 0 Å². The molecule has 1 heterocycles. The predicted octanol–water partition coefficient (Wildman–Crippen LogP) is 2.52. The maximum absolute atomic E-state index is 5.56. The van der Waals surface area contributed by atoms with Gasteiger partial charge in [0.2, 0.25) is 5.88 Å². The smallest absolute Gasteiger partial charge is 0.218 e. The molecule has 0 aliphatic carbocycles. The van der Waals surface area contributed by atoms with Crippen LogP contribution >= 0.6 is 0 Å². The molecule has 0 aromatic carbocycles. The Bertz CT molecular complexity index is 370. The molecule has 5 nitrogen and oxygen atoms in total. The van der Waals surface area contributed by atoms with Gasteiger partial charge in [0.1, 0.15) is 18.2 Å². The lowest BCUT2D eigenvalue weighted by Crippen LogP contribution is -2.12. The van der Waals surface area contributed by atoms with Crippen molar-refractivity contribution in [2.45, 2.75) is 33.6 Å². The van der Waals surface area contributed by atoms with Crippen molar-refractivity contribution in [3.8, 4) is 5.88 Å². The average Bonchev–Trinajstić information content (AvgIpc) is 2.37. The van der Waals surface area contributed by atoms with E-state index in [0.29, 0.717) is 25.0 Å². The number of hydrogen-bond donors (Lipinski definition) is 1. The van der Waals surface area contributed by atoms with E-state index in [2.05, 4.69) is 36.1 Å². The van der Waals surface area contributed by atoms with E-state index >= 15 is 0 Å². The lowest BCUT2D eigenvalue weighted by molar-refractivity contribution is 0.143. The summed E-state index contributed by atoms with van der Waals surface area (Å²) in [5.41, 5.74) is 0. The summed E-state index contributed by atoms with van der Waals surface area (Å²) in [6, 6.07) is 1.84. The molecule has 0 unspecified atom stereocenters. The Kier molecular flexibility index (Phi) is 7.18. The maximum Gasteiger partial charge on any atom is 0.218 e. The second-order valence-electron chi connectivity index (χ2n) is 4.87. The molecule has 1 rings (SSSR count). The van der Waals surface area contributed by atoms with E-state index in [9.17, 15) is 0 Å². The number of anilines is 1. The average molecular weight is 267 g/mol. The minimum absolute atomic E-state index is 0.503. The zero-order valence-corrected chi connectivity index (χ0v) is 12.4. The Morgan fingerprint density at radius 2 is 2.05 bits per heavy atom. The van der Waals surface area contributed by atoms with Crippen molar-refractivity contribution in [1.29, 1.82) is 0 Å². The molecule has 0 saturated heterocycles. The second-order valence-corrected chi connectivity index (χ2v) is 4.87. The van der Waals surface area contributed by atoms with Gasteiger partial charge >= 0.3 is 0 Å². The minimum Gasteiger partial charge on any atom is -0.475 e. The van der Waals surface area contributed by atoms with Gasteiger partial charge in [0.15, 0.2) is 0 Å². The second kappa shape index (κ2) is 8.69. The normalized spacial score (nSPS) is 10.8. The Morgan fingerprint density at radius 1 is 1.26 bits per heavy atom. The molecule has 0 aliphatic rings. The van der Waals surface area contributed by atoms with E-state index in [1.165, 1.54) is 0 Å². The van der Waals surface area contributed by atoms with Crippen LogP contribution in [-0.4, -0.2) is 36.8 Å².